The van der Waals surface area contributed by atoms with Crippen LogP contribution in [0.2, 0.25) is 0 Å². The summed E-state index contributed by atoms with van der Waals surface area (Å²) in [6, 6.07) is 4.11. The van der Waals surface area contributed by atoms with Crippen molar-refractivity contribution in [3.05, 3.63) is 23.3 Å². The van der Waals surface area contributed by atoms with Crippen LogP contribution in [0.4, 0.5) is 5.13 Å². The van der Waals surface area contributed by atoms with Crippen molar-refractivity contribution in [1.82, 2.24) is 4.98 Å². The number of benzene rings is 1. The van der Waals surface area contributed by atoms with Crippen LogP contribution in [-0.2, 0) is 14.3 Å². The average Bonchev–Trinajstić information content (AvgIpc) is 3.03. The monoisotopic (exact) mass is 318 g/mol. The van der Waals surface area contributed by atoms with Gasteiger partial charge in [0.25, 0.3) is 5.91 Å². The third kappa shape index (κ3) is 3.11. The maximum absolute atomic E-state index is 11.8. The molecule has 0 aliphatic heterocycles. The molecule has 22 heavy (non-hydrogen) atoms. The van der Waals surface area contributed by atoms with E-state index >= 15 is 0 Å². The summed E-state index contributed by atoms with van der Waals surface area (Å²) in [5, 5.41) is 3.23. The maximum atomic E-state index is 11.8. The fraction of sp³-hybridized carbons (Fsp3) is 0.438. The Morgan fingerprint density at radius 2 is 2.14 bits per heavy atom. The van der Waals surface area contributed by atoms with Crippen LogP contribution in [0.15, 0.2) is 12.1 Å². The number of hydrogen-bond donors (Lipinski definition) is 1. The molecule has 1 saturated carbocycles. The summed E-state index contributed by atoms with van der Waals surface area (Å²) >= 11 is 1.42. The highest BCUT2D eigenvalue weighted by Gasteiger charge is 2.40. The van der Waals surface area contributed by atoms with Crippen molar-refractivity contribution in [2.24, 2.45) is 11.8 Å². The molecule has 1 aliphatic rings. The second kappa shape index (κ2) is 5.68. The Bertz CT molecular complexity index is 753. The Morgan fingerprint density at radius 1 is 1.41 bits per heavy atom. The van der Waals surface area contributed by atoms with Gasteiger partial charge in [-0.25, -0.2) is 4.98 Å². The van der Waals surface area contributed by atoms with E-state index in [9.17, 15) is 9.59 Å². The number of carbonyl (C=O) groups is 2. The molecule has 1 amide bonds. The van der Waals surface area contributed by atoms with Gasteiger partial charge in [0.1, 0.15) is 0 Å². The Balaban J connectivity index is 1.61. The number of aryl methyl sites for hydroxylation is 2. The van der Waals surface area contributed by atoms with Crippen molar-refractivity contribution in [1.29, 1.82) is 0 Å². The van der Waals surface area contributed by atoms with E-state index in [1.165, 1.54) is 16.9 Å². The molecular formula is C16H18N2O3S. The molecule has 116 valence electrons. The predicted octanol–water partition coefficient (Wildman–Crippen LogP) is 3.05. The minimum atomic E-state index is -0.352. The van der Waals surface area contributed by atoms with Gasteiger partial charge in [0, 0.05) is 0 Å². The lowest BCUT2D eigenvalue weighted by Gasteiger charge is -2.03. The molecule has 1 aliphatic carbocycles. The molecule has 1 aromatic heterocycles. The Hall–Kier alpha value is -1.95. The first-order valence-corrected chi connectivity index (χ1v) is 8.10. The summed E-state index contributed by atoms with van der Waals surface area (Å²) in [6.45, 7) is 5.77. The van der Waals surface area contributed by atoms with Crippen molar-refractivity contribution in [3.8, 4) is 0 Å². The smallest absolute Gasteiger partial charge is 0.309 e. The van der Waals surface area contributed by atoms with E-state index in [1.54, 1.807) is 0 Å². The zero-order chi connectivity index (χ0) is 15.9. The van der Waals surface area contributed by atoms with Crippen LogP contribution in [0.5, 0.6) is 0 Å². The minimum Gasteiger partial charge on any atom is -0.455 e. The third-order valence-electron chi connectivity index (χ3n) is 3.83. The fourth-order valence-corrected chi connectivity index (χ4v) is 3.53. The first-order valence-electron chi connectivity index (χ1n) is 7.28. The van der Waals surface area contributed by atoms with Gasteiger partial charge in [-0.1, -0.05) is 24.3 Å². The molecule has 1 heterocycles. The summed E-state index contributed by atoms with van der Waals surface area (Å²) in [5.74, 6) is -0.277. The van der Waals surface area contributed by atoms with Crippen molar-refractivity contribution < 1.29 is 14.3 Å². The van der Waals surface area contributed by atoms with Crippen molar-refractivity contribution in [3.63, 3.8) is 0 Å². The highest BCUT2D eigenvalue weighted by molar-refractivity contribution is 7.22. The number of aromatic nitrogens is 1. The number of amides is 1. The lowest BCUT2D eigenvalue weighted by molar-refractivity contribution is -0.148. The molecule has 0 unspecified atom stereocenters. The number of nitrogens with zero attached hydrogens (tertiary/aromatic N) is 1. The number of fused-ring (bicyclic) bond motifs is 1. The van der Waals surface area contributed by atoms with Crippen molar-refractivity contribution >= 4 is 38.6 Å². The highest BCUT2D eigenvalue weighted by atomic mass is 32.1. The summed E-state index contributed by atoms with van der Waals surface area (Å²) in [6.07, 6.45) is 0.858. The number of hydrogen-bond acceptors (Lipinski definition) is 5. The van der Waals surface area contributed by atoms with E-state index < -0.39 is 0 Å². The zero-order valence-electron chi connectivity index (χ0n) is 12.8. The number of rotatable bonds is 4. The first-order chi connectivity index (χ1) is 10.4. The predicted molar refractivity (Wildman–Crippen MR) is 86.0 cm³/mol. The second-order valence-corrected chi connectivity index (χ2v) is 6.95. The standard InChI is InChI=1S/C16H18N2O3S/c1-8-4-10(3)14-12(5-8)22-16(18-14)17-13(19)7-21-15(20)11-6-9(11)2/h4-5,9,11H,6-7H2,1-3H3,(H,17,18,19)/t9-,11-/m0/s1. The highest BCUT2D eigenvalue weighted by Crippen LogP contribution is 2.38. The van der Waals surface area contributed by atoms with E-state index in [0.29, 0.717) is 11.0 Å². The minimum absolute atomic E-state index is 0.0270. The van der Waals surface area contributed by atoms with E-state index in [-0.39, 0.29) is 24.4 Å². The van der Waals surface area contributed by atoms with Gasteiger partial charge in [0.15, 0.2) is 11.7 Å². The van der Waals surface area contributed by atoms with Crippen LogP contribution in [0, 0.1) is 25.7 Å². The lowest BCUT2D eigenvalue weighted by Crippen LogP contribution is -2.21. The van der Waals surface area contributed by atoms with Gasteiger partial charge < -0.3 is 4.74 Å². The lowest BCUT2D eigenvalue weighted by atomic mass is 10.1. The van der Waals surface area contributed by atoms with Gasteiger partial charge in [-0.15, -0.1) is 0 Å². The van der Waals surface area contributed by atoms with Crippen LogP contribution in [0.3, 0.4) is 0 Å². The molecule has 0 saturated heterocycles. The number of thiazole rings is 1. The quantitative estimate of drug-likeness (QED) is 0.880. The molecule has 0 spiro atoms. The van der Waals surface area contributed by atoms with Gasteiger partial charge in [0.2, 0.25) is 0 Å². The number of nitrogens with one attached hydrogen (secondary N) is 1. The molecule has 1 aromatic carbocycles. The zero-order valence-corrected chi connectivity index (χ0v) is 13.6. The molecular weight excluding hydrogens is 300 g/mol. The number of carbonyl (C=O) groups excluding carboxylic acids is 2. The average molecular weight is 318 g/mol. The van der Waals surface area contributed by atoms with Gasteiger partial charge in [-0.3, -0.25) is 14.9 Å². The molecule has 0 bridgehead atoms. The summed E-state index contributed by atoms with van der Waals surface area (Å²) in [4.78, 5) is 27.9. The largest absolute Gasteiger partial charge is 0.455 e. The third-order valence-corrected chi connectivity index (χ3v) is 4.75. The molecule has 0 radical (unpaired) electrons. The molecule has 1 fully saturated rings. The van der Waals surface area contributed by atoms with E-state index in [4.69, 9.17) is 4.74 Å². The SMILES string of the molecule is Cc1cc(C)c2nc(NC(=O)COC(=O)[C@H]3C[C@@H]3C)sc2c1. The van der Waals surface area contributed by atoms with E-state index in [0.717, 1.165) is 22.2 Å². The number of anilines is 1. The van der Waals surface area contributed by atoms with Crippen LogP contribution >= 0.6 is 11.3 Å². The van der Waals surface area contributed by atoms with Crippen LogP contribution in [-0.4, -0.2) is 23.5 Å². The molecule has 2 atom stereocenters. The van der Waals surface area contributed by atoms with Crippen molar-refractivity contribution in [2.45, 2.75) is 27.2 Å². The van der Waals surface area contributed by atoms with Crippen LogP contribution in [0.25, 0.3) is 10.2 Å². The maximum Gasteiger partial charge on any atom is 0.309 e. The van der Waals surface area contributed by atoms with Crippen LogP contribution < -0.4 is 5.32 Å². The molecule has 3 rings (SSSR count). The van der Waals surface area contributed by atoms with Gasteiger partial charge in [-0.05, 0) is 43.4 Å². The normalized spacial score (nSPS) is 20.0. The Kier molecular flexibility index (Phi) is 3.87. The van der Waals surface area contributed by atoms with Crippen LogP contribution in [0.1, 0.15) is 24.5 Å². The second-order valence-electron chi connectivity index (χ2n) is 5.92. The molecule has 5 nitrogen and oxygen atoms in total. The first kappa shape index (κ1) is 15.0. The Labute approximate surface area is 132 Å². The summed E-state index contributed by atoms with van der Waals surface area (Å²) in [5.41, 5.74) is 3.15. The Morgan fingerprint density at radius 3 is 2.82 bits per heavy atom. The summed E-state index contributed by atoms with van der Waals surface area (Å²) in [7, 11) is 0. The van der Waals surface area contributed by atoms with E-state index in [1.807, 2.05) is 26.8 Å². The molecule has 1 N–H and O–H groups in total. The van der Waals surface area contributed by atoms with Crippen molar-refractivity contribution in [2.75, 3.05) is 11.9 Å². The molecule has 2 aromatic rings. The van der Waals surface area contributed by atoms with Gasteiger partial charge >= 0.3 is 5.97 Å². The summed E-state index contributed by atoms with van der Waals surface area (Å²) < 4.78 is 6.05. The van der Waals surface area contributed by atoms with Gasteiger partial charge in [-0.2, -0.15) is 0 Å². The fourth-order valence-electron chi connectivity index (χ4n) is 2.47. The van der Waals surface area contributed by atoms with Gasteiger partial charge in [0.05, 0.1) is 16.1 Å². The topological polar surface area (TPSA) is 68.3 Å². The van der Waals surface area contributed by atoms with E-state index in [2.05, 4.69) is 16.4 Å². The number of esters is 1. The molecule has 6 heteroatoms. The number of ether oxygens (including phenoxy) is 1.